The molecule has 19 heavy (non-hydrogen) atoms. The van der Waals surface area contributed by atoms with Gasteiger partial charge in [-0.15, -0.1) is 0 Å². The number of amides is 1. The van der Waals surface area contributed by atoms with E-state index in [0.29, 0.717) is 0 Å². The van der Waals surface area contributed by atoms with Gasteiger partial charge < -0.3 is 15.5 Å². The summed E-state index contributed by atoms with van der Waals surface area (Å²) in [6, 6.07) is 0. The van der Waals surface area contributed by atoms with Gasteiger partial charge in [0.25, 0.3) is 0 Å². The molecule has 0 spiro atoms. The molecule has 0 saturated carbocycles. The molecular formula is C15H29N3O. The molecule has 0 aromatic rings. The van der Waals surface area contributed by atoms with E-state index in [0.717, 1.165) is 39.0 Å². The smallest absolute Gasteiger partial charge is 0.240 e. The maximum Gasteiger partial charge on any atom is 0.240 e. The lowest BCUT2D eigenvalue weighted by Crippen LogP contribution is -2.58. The van der Waals surface area contributed by atoms with Gasteiger partial charge in [0.2, 0.25) is 5.91 Å². The molecule has 0 bridgehead atoms. The molecule has 2 aliphatic heterocycles. The summed E-state index contributed by atoms with van der Waals surface area (Å²) in [7, 11) is 2.17. The summed E-state index contributed by atoms with van der Waals surface area (Å²) in [4.78, 5) is 14.8. The minimum Gasteiger partial charge on any atom is -0.354 e. The Kier molecular flexibility index (Phi) is 4.51. The van der Waals surface area contributed by atoms with Gasteiger partial charge in [-0.2, -0.15) is 0 Å². The summed E-state index contributed by atoms with van der Waals surface area (Å²) in [6.45, 7) is 8.40. The monoisotopic (exact) mass is 267 g/mol. The number of carbonyl (C=O) groups excluding carboxylic acids is 1. The summed E-state index contributed by atoms with van der Waals surface area (Å²) in [5.74, 6) is 0.187. The van der Waals surface area contributed by atoms with Crippen LogP contribution in [-0.4, -0.2) is 49.6 Å². The van der Waals surface area contributed by atoms with Crippen molar-refractivity contribution in [2.24, 2.45) is 5.41 Å². The van der Waals surface area contributed by atoms with Gasteiger partial charge in [-0.05, 0) is 71.1 Å². The van der Waals surface area contributed by atoms with Crippen molar-refractivity contribution in [2.45, 2.75) is 51.5 Å². The van der Waals surface area contributed by atoms with Crippen LogP contribution >= 0.6 is 0 Å². The Morgan fingerprint density at radius 1 is 1.21 bits per heavy atom. The number of hydrogen-bond donors (Lipinski definition) is 2. The standard InChI is InChI=1S/C15H29N3O/c1-14(7-10-18(3)11-8-14)12-16-13(19)15(2)6-4-5-9-17-15/h17H,4-12H2,1-3H3,(H,16,19). The molecule has 1 amide bonds. The van der Waals surface area contributed by atoms with Crippen LogP contribution < -0.4 is 10.6 Å². The van der Waals surface area contributed by atoms with Crippen LogP contribution in [0.2, 0.25) is 0 Å². The number of nitrogens with one attached hydrogen (secondary N) is 2. The van der Waals surface area contributed by atoms with Gasteiger partial charge in [-0.3, -0.25) is 4.79 Å². The third-order valence-corrected chi connectivity index (χ3v) is 4.99. The number of rotatable bonds is 3. The van der Waals surface area contributed by atoms with Crippen molar-refractivity contribution < 1.29 is 4.79 Å². The van der Waals surface area contributed by atoms with Gasteiger partial charge in [0, 0.05) is 6.54 Å². The highest BCUT2D eigenvalue weighted by Crippen LogP contribution is 2.29. The fraction of sp³-hybridized carbons (Fsp3) is 0.933. The maximum absolute atomic E-state index is 12.4. The highest BCUT2D eigenvalue weighted by atomic mass is 16.2. The number of nitrogens with zero attached hydrogens (tertiary/aromatic N) is 1. The van der Waals surface area contributed by atoms with Crippen LogP contribution in [0.5, 0.6) is 0 Å². The van der Waals surface area contributed by atoms with Gasteiger partial charge in [-0.1, -0.05) is 6.92 Å². The van der Waals surface area contributed by atoms with E-state index in [2.05, 4.69) is 29.5 Å². The summed E-state index contributed by atoms with van der Waals surface area (Å²) in [6.07, 6.45) is 5.64. The van der Waals surface area contributed by atoms with Crippen molar-refractivity contribution in [3.05, 3.63) is 0 Å². The predicted octanol–water partition coefficient (Wildman–Crippen LogP) is 1.37. The number of likely N-dealkylation sites (tertiary alicyclic amines) is 1. The number of carbonyl (C=O) groups is 1. The van der Waals surface area contributed by atoms with Crippen molar-refractivity contribution in [2.75, 3.05) is 33.2 Å². The first kappa shape index (κ1) is 14.8. The Balaban J connectivity index is 1.82. The van der Waals surface area contributed by atoms with E-state index < -0.39 is 0 Å². The molecular weight excluding hydrogens is 238 g/mol. The zero-order valence-electron chi connectivity index (χ0n) is 12.7. The van der Waals surface area contributed by atoms with Crippen LogP contribution in [0.25, 0.3) is 0 Å². The quantitative estimate of drug-likeness (QED) is 0.812. The molecule has 1 unspecified atom stereocenters. The lowest BCUT2D eigenvalue weighted by Gasteiger charge is -2.39. The molecule has 0 aromatic carbocycles. The average molecular weight is 267 g/mol. The zero-order chi connectivity index (χ0) is 13.9. The third-order valence-electron chi connectivity index (χ3n) is 4.99. The normalized spacial score (nSPS) is 31.9. The Bertz CT molecular complexity index is 315. The topological polar surface area (TPSA) is 44.4 Å². The Labute approximate surface area is 117 Å². The van der Waals surface area contributed by atoms with E-state index in [-0.39, 0.29) is 16.9 Å². The van der Waals surface area contributed by atoms with Gasteiger partial charge in [-0.25, -0.2) is 0 Å². The van der Waals surface area contributed by atoms with E-state index in [1.165, 1.54) is 19.3 Å². The van der Waals surface area contributed by atoms with Crippen LogP contribution in [0.4, 0.5) is 0 Å². The molecule has 0 aromatic heterocycles. The van der Waals surface area contributed by atoms with E-state index in [1.54, 1.807) is 0 Å². The predicted molar refractivity (Wildman–Crippen MR) is 78.1 cm³/mol. The Hall–Kier alpha value is -0.610. The van der Waals surface area contributed by atoms with E-state index in [9.17, 15) is 4.79 Å². The lowest BCUT2D eigenvalue weighted by atomic mass is 9.80. The second-order valence-electron chi connectivity index (χ2n) is 7.01. The first-order chi connectivity index (χ1) is 8.94. The second kappa shape index (κ2) is 5.80. The first-order valence-corrected chi connectivity index (χ1v) is 7.66. The second-order valence-corrected chi connectivity index (χ2v) is 7.01. The van der Waals surface area contributed by atoms with Crippen LogP contribution in [0, 0.1) is 5.41 Å². The van der Waals surface area contributed by atoms with Crippen molar-refractivity contribution in [3.8, 4) is 0 Å². The molecule has 4 heteroatoms. The summed E-state index contributed by atoms with van der Waals surface area (Å²) in [5, 5.41) is 6.58. The SMILES string of the molecule is CN1CCC(C)(CNC(=O)C2(C)CCCCN2)CC1. The van der Waals surface area contributed by atoms with Crippen LogP contribution in [0.3, 0.4) is 0 Å². The van der Waals surface area contributed by atoms with Gasteiger partial charge in [0.05, 0.1) is 5.54 Å². The van der Waals surface area contributed by atoms with Crippen molar-refractivity contribution in [3.63, 3.8) is 0 Å². The average Bonchev–Trinajstić information content (AvgIpc) is 2.41. The Morgan fingerprint density at radius 2 is 1.89 bits per heavy atom. The van der Waals surface area contributed by atoms with Crippen LogP contribution in [-0.2, 0) is 4.79 Å². The zero-order valence-corrected chi connectivity index (χ0v) is 12.7. The van der Waals surface area contributed by atoms with Crippen molar-refractivity contribution in [1.29, 1.82) is 0 Å². The summed E-state index contributed by atoms with van der Waals surface area (Å²) in [5.41, 5.74) is -0.0761. The van der Waals surface area contributed by atoms with E-state index in [4.69, 9.17) is 0 Å². The Morgan fingerprint density at radius 3 is 2.47 bits per heavy atom. The van der Waals surface area contributed by atoms with Crippen molar-refractivity contribution in [1.82, 2.24) is 15.5 Å². The lowest BCUT2D eigenvalue weighted by molar-refractivity contribution is -0.128. The molecule has 4 nitrogen and oxygen atoms in total. The summed E-state index contributed by atoms with van der Waals surface area (Å²) >= 11 is 0. The van der Waals surface area contributed by atoms with Gasteiger partial charge in [0.1, 0.15) is 0 Å². The maximum atomic E-state index is 12.4. The summed E-state index contributed by atoms with van der Waals surface area (Å²) < 4.78 is 0. The molecule has 0 radical (unpaired) electrons. The fourth-order valence-electron chi connectivity index (χ4n) is 3.07. The van der Waals surface area contributed by atoms with Gasteiger partial charge >= 0.3 is 0 Å². The largest absolute Gasteiger partial charge is 0.354 e. The molecule has 1 atom stereocenters. The van der Waals surface area contributed by atoms with Crippen LogP contribution in [0.15, 0.2) is 0 Å². The molecule has 2 aliphatic rings. The minimum absolute atomic E-state index is 0.187. The van der Waals surface area contributed by atoms with Gasteiger partial charge in [0.15, 0.2) is 0 Å². The van der Waals surface area contributed by atoms with Crippen molar-refractivity contribution >= 4 is 5.91 Å². The van der Waals surface area contributed by atoms with E-state index in [1.807, 2.05) is 6.92 Å². The highest BCUT2D eigenvalue weighted by molar-refractivity contribution is 5.86. The van der Waals surface area contributed by atoms with Crippen LogP contribution in [0.1, 0.15) is 46.0 Å². The molecule has 2 N–H and O–H groups in total. The molecule has 2 heterocycles. The van der Waals surface area contributed by atoms with E-state index >= 15 is 0 Å². The fourth-order valence-corrected chi connectivity index (χ4v) is 3.07. The molecule has 2 saturated heterocycles. The molecule has 2 rings (SSSR count). The molecule has 0 aliphatic carbocycles. The molecule has 2 fully saturated rings. The minimum atomic E-state index is -0.347. The number of piperidine rings is 2. The first-order valence-electron chi connectivity index (χ1n) is 7.66. The number of hydrogen-bond acceptors (Lipinski definition) is 3. The molecule has 110 valence electrons. The third kappa shape index (κ3) is 3.69. The highest BCUT2D eigenvalue weighted by Gasteiger charge is 2.36.